The Morgan fingerprint density at radius 2 is 1.78 bits per heavy atom. The van der Waals surface area contributed by atoms with Crippen LogP contribution in [-0.2, 0) is 0 Å². The van der Waals surface area contributed by atoms with Crippen LogP contribution in [0.15, 0.2) is 18.2 Å². The Morgan fingerprint density at radius 3 is 2.48 bits per heavy atom. The number of rotatable bonds is 7. The lowest BCUT2D eigenvalue weighted by Crippen LogP contribution is -2.41. The second-order valence-electron chi connectivity index (χ2n) is 7.75. The van der Waals surface area contributed by atoms with Gasteiger partial charge in [-0.3, -0.25) is 0 Å². The van der Waals surface area contributed by atoms with Crippen molar-refractivity contribution in [1.29, 1.82) is 0 Å². The average molecular weight is 380 g/mol. The third-order valence-electron chi connectivity index (χ3n) is 5.57. The second-order valence-corrected chi connectivity index (χ2v) is 7.75. The van der Waals surface area contributed by atoms with Crippen molar-refractivity contribution in [2.75, 3.05) is 50.7 Å². The van der Waals surface area contributed by atoms with Crippen LogP contribution >= 0.6 is 0 Å². The predicted octanol–water partition coefficient (Wildman–Crippen LogP) is 2.82. The Morgan fingerprint density at radius 1 is 1.07 bits per heavy atom. The molecular weight excluding hydrogens is 350 g/mol. The van der Waals surface area contributed by atoms with Gasteiger partial charge in [-0.05, 0) is 56.3 Å². The van der Waals surface area contributed by atoms with Gasteiger partial charge in [0.1, 0.15) is 0 Å². The molecule has 5 nitrogen and oxygen atoms in total. The van der Waals surface area contributed by atoms with E-state index in [9.17, 15) is 13.6 Å². The minimum Gasteiger partial charge on any atom is -0.371 e. The van der Waals surface area contributed by atoms with Crippen molar-refractivity contribution in [1.82, 2.24) is 15.5 Å². The molecule has 2 N–H and O–H groups in total. The van der Waals surface area contributed by atoms with E-state index in [4.69, 9.17) is 0 Å². The Kier molecular flexibility index (Phi) is 6.88. The van der Waals surface area contributed by atoms with Gasteiger partial charge in [0.05, 0.1) is 0 Å². The molecule has 150 valence electrons. The highest BCUT2D eigenvalue weighted by Gasteiger charge is 2.25. The first kappa shape index (κ1) is 19.9. The van der Waals surface area contributed by atoms with Crippen LogP contribution < -0.4 is 15.5 Å². The number of nitrogens with one attached hydrogen (secondary N) is 2. The monoisotopic (exact) mass is 380 g/mol. The molecule has 7 heteroatoms. The SMILES string of the molecule is CCCN1CC[C@H](CNC(=O)NC[C@@H]2CCN(c3ccc(F)c(F)c3)C2)C1. The molecule has 0 spiro atoms. The fourth-order valence-corrected chi connectivity index (χ4v) is 4.05. The lowest BCUT2D eigenvalue weighted by atomic mass is 10.1. The average Bonchev–Trinajstić information content (AvgIpc) is 3.30. The number of benzene rings is 1. The zero-order valence-corrected chi connectivity index (χ0v) is 16.0. The summed E-state index contributed by atoms with van der Waals surface area (Å²) in [6, 6.07) is 3.88. The van der Waals surface area contributed by atoms with E-state index < -0.39 is 11.6 Å². The summed E-state index contributed by atoms with van der Waals surface area (Å²) in [4.78, 5) is 16.5. The van der Waals surface area contributed by atoms with Crippen molar-refractivity contribution in [3.63, 3.8) is 0 Å². The molecule has 27 heavy (non-hydrogen) atoms. The third kappa shape index (κ3) is 5.54. The van der Waals surface area contributed by atoms with Crippen molar-refractivity contribution in [2.24, 2.45) is 11.8 Å². The molecule has 2 aliphatic heterocycles. The van der Waals surface area contributed by atoms with Crippen LogP contribution in [-0.4, -0.2) is 56.7 Å². The van der Waals surface area contributed by atoms with Gasteiger partial charge in [-0.2, -0.15) is 0 Å². The summed E-state index contributed by atoms with van der Waals surface area (Å²) >= 11 is 0. The van der Waals surface area contributed by atoms with Gasteiger partial charge in [-0.15, -0.1) is 0 Å². The molecule has 1 aromatic rings. The topological polar surface area (TPSA) is 47.6 Å². The standard InChI is InChI=1S/C20H30F2N4O/c1-2-7-25-8-5-15(13-25)11-23-20(27)24-12-16-6-9-26(14-16)17-3-4-18(21)19(22)10-17/h3-4,10,15-16H,2,5-9,11-14H2,1H3,(H2,23,24,27)/t15-,16+/m1/s1. The van der Waals surface area contributed by atoms with Gasteiger partial charge in [0.15, 0.2) is 11.6 Å². The maximum Gasteiger partial charge on any atom is 0.314 e. The number of anilines is 1. The zero-order valence-electron chi connectivity index (χ0n) is 16.0. The molecule has 0 aliphatic carbocycles. The molecule has 0 bridgehead atoms. The van der Waals surface area contributed by atoms with Crippen LogP contribution in [0.5, 0.6) is 0 Å². The first-order valence-electron chi connectivity index (χ1n) is 9.99. The minimum absolute atomic E-state index is 0.116. The number of nitrogens with zero attached hydrogens (tertiary/aromatic N) is 2. The molecular formula is C20H30F2N4O. The smallest absolute Gasteiger partial charge is 0.314 e. The molecule has 0 saturated carbocycles. The summed E-state index contributed by atoms with van der Waals surface area (Å²) in [7, 11) is 0. The number of hydrogen-bond acceptors (Lipinski definition) is 3. The number of carbonyl (C=O) groups excluding carboxylic acids is 1. The molecule has 1 aromatic carbocycles. The third-order valence-corrected chi connectivity index (χ3v) is 5.57. The molecule has 0 radical (unpaired) electrons. The zero-order chi connectivity index (χ0) is 19.2. The van der Waals surface area contributed by atoms with Gasteiger partial charge in [-0.25, -0.2) is 13.6 Å². The molecule has 2 aliphatic rings. The Bertz CT molecular complexity index is 642. The summed E-state index contributed by atoms with van der Waals surface area (Å²) < 4.78 is 26.5. The summed E-state index contributed by atoms with van der Waals surface area (Å²) in [5.41, 5.74) is 0.693. The van der Waals surface area contributed by atoms with E-state index in [1.165, 1.54) is 12.5 Å². The van der Waals surface area contributed by atoms with Gasteiger partial charge in [0.2, 0.25) is 0 Å². The van der Waals surface area contributed by atoms with Crippen LogP contribution in [0.1, 0.15) is 26.2 Å². The summed E-state index contributed by atoms with van der Waals surface area (Å²) in [6.07, 6.45) is 3.24. The van der Waals surface area contributed by atoms with Crippen molar-refractivity contribution in [3.05, 3.63) is 29.8 Å². The number of halogens is 2. The quantitative estimate of drug-likeness (QED) is 0.765. The molecule has 0 unspecified atom stereocenters. The van der Waals surface area contributed by atoms with Crippen molar-refractivity contribution in [3.8, 4) is 0 Å². The Labute approximate surface area is 160 Å². The van der Waals surface area contributed by atoms with Crippen LogP contribution in [0.4, 0.5) is 19.3 Å². The van der Waals surface area contributed by atoms with Gasteiger partial charge in [-0.1, -0.05) is 6.92 Å². The van der Waals surface area contributed by atoms with E-state index in [-0.39, 0.29) is 6.03 Å². The number of likely N-dealkylation sites (tertiary alicyclic amines) is 1. The Hall–Kier alpha value is -1.89. The van der Waals surface area contributed by atoms with E-state index in [1.54, 1.807) is 6.07 Å². The predicted molar refractivity (Wildman–Crippen MR) is 103 cm³/mol. The lowest BCUT2D eigenvalue weighted by molar-refractivity contribution is 0.237. The summed E-state index contributed by atoms with van der Waals surface area (Å²) in [5, 5.41) is 5.94. The fraction of sp³-hybridized carbons (Fsp3) is 0.650. The largest absolute Gasteiger partial charge is 0.371 e. The number of carbonyl (C=O) groups is 1. The van der Waals surface area contributed by atoms with E-state index in [2.05, 4.69) is 22.5 Å². The van der Waals surface area contributed by atoms with Crippen molar-refractivity contribution < 1.29 is 13.6 Å². The molecule has 2 fully saturated rings. The highest BCUT2D eigenvalue weighted by molar-refractivity contribution is 5.73. The van der Waals surface area contributed by atoms with E-state index >= 15 is 0 Å². The van der Waals surface area contributed by atoms with Gasteiger partial charge in [0.25, 0.3) is 0 Å². The van der Waals surface area contributed by atoms with Crippen LogP contribution in [0.3, 0.4) is 0 Å². The molecule has 0 aromatic heterocycles. The highest BCUT2D eigenvalue weighted by atomic mass is 19.2. The number of urea groups is 1. The van der Waals surface area contributed by atoms with Crippen molar-refractivity contribution in [2.45, 2.75) is 26.2 Å². The maximum absolute atomic E-state index is 13.4. The number of hydrogen-bond donors (Lipinski definition) is 2. The van der Waals surface area contributed by atoms with Crippen LogP contribution in [0.2, 0.25) is 0 Å². The maximum atomic E-state index is 13.4. The molecule has 2 saturated heterocycles. The highest BCUT2D eigenvalue weighted by Crippen LogP contribution is 2.25. The van der Waals surface area contributed by atoms with E-state index in [0.29, 0.717) is 24.1 Å². The second kappa shape index (κ2) is 9.35. The van der Waals surface area contributed by atoms with Gasteiger partial charge >= 0.3 is 6.03 Å². The molecule has 2 amide bonds. The van der Waals surface area contributed by atoms with Gasteiger partial charge in [0, 0.05) is 44.5 Å². The van der Waals surface area contributed by atoms with Crippen LogP contribution in [0.25, 0.3) is 0 Å². The molecule has 2 atom stereocenters. The fourth-order valence-electron chi connectivity index (χ4n) is 4.05. The van der Waals surface area contributed by atoms with Crippen molar-refractivity contribution >= 4 is 11.7 Å². The summed E-state index contributed by atoms with van der Waals surface area (Å²) in [5.74, 6) is -0.793. The first-order chi connectivity index (χ1) is 13.0. The van der Waals surface area contributed by atoms with E-state index in [0.717, 1.165) is 58.2 Å². The van der Waals surface area contributed by atoms with E-state index in [1.807, 2.05) is 4.90 Å². The van der Waals surface area contributed by atoms with Crippen LogP contribution in [0, 0.1) is 23.5 Å². The Balaban J connectivity index is 1.34. The molecule has 3 rings (SSSR count). The minimum atomic E-state index is -0.826. The normalized spacial score (nSPS) is 23.0. The summed E-state index contributed by atoms with van der Waals surface area (Å²) in [6.45, 7) is 8.36. The first-order valence-corrected chi connectivity index (χ1v) is 9.99. The lowest BCUT2D eigenvalue weighted by Gasteiger charge is -2.19. The molecule has 2 heterocycles. The number of amides is 2. The van der Waals surface area contributed by atoms with Gasteiger partial charge < -0.3 is 20.4 Å².